The lowest BCUT2D eigenvalue weighted by molar-refractivity contribution is 0.748. The molecule has 0 aromatic heterocycles. The zero-order chi connectivity index (χ0) is 15.7. The van der Waals surface area contributed by atoms with Crippen molar-refractivity contribution >= 4 is 0 Å². The molecule has 2 aromatic rings. The van der Waals surface area contributed by atoms with Gasteiger partial charge in [-0.3, -0.25) is 0 Å². The molecule has 0 unspecified atom stereocenters. The van der Waals surface area contributed by atoms with Gasteiger partial charge in [-0.1, -0.05) is 92.1 Å². The molecule has 3 rings (SSSR count). The van der Waals surface area contributed by atoms with Crippen LogP contribution in [0.25, 0.3) is 11.1 Å². The highest BCUT2D eigenvalue weighted by Crippen LogP contribution is 2.56. The summed E-state index contributed by atoms with van der Waals surface area (Å²) in [6, 6.07) is 17.1. The summed E-state index contributed by atoms with van der Waals surface area (Å²) < 4.78 is 0. The van der Waals surface area contributed by atoms with Gasteiger partial charge < -0.3 is 0 Å². The second kappa shape index (κ2) is 5.31. The van der Waals surface area contributed by atoms with Crippen LogP contribution < -0.4 is 0 Å². The molecule has 108 valence electrons. The van der Waals surface area contributed by atoms with Gasteiger partial charge in [0.1, 0.15) is 0 Å². The number of benzene rings is 2. The van der Waals surface area contributed by atoms with Gasteiger partial charge in [0.25, 0.3) is 0 Å². The largest absolute Gasteiger partial charge is 0.0991 e. The lowest BCUT2D eigenvalue weighted by Gasteiger charge is -2.34. The van der Waals surface area contributed by atoms with Gasteiger partial charge in [0, 0.05) is 0 Å². The molecule has 1 aliphatic rings. The molecular weight excluding hydrogens is 264 g/mol. The second-order valence-corrected chi connectivity index (χ2v) is 5.66. The molecule has 0 radical (unpaired) electrons. The van der Waals surface area contributed by atoms with E-state index in [-0.39, 0.29) is 5.41 Å². The predicted molar refractivity (Wildman–Crippen MR) is 95.9 cm³/mol. The molecule has 0 fully saturated rings. The number of hydrogen-bond donors (Lipinski definition) is 0. The third-order valence-electron chi connectivity index (χ3n) is 4.64. The summed E-state index contributed by atoms with van der Waals surface area (Å²) in [5.74, 6) is 0. The van der Waals surface area contributed by atoms with Crippen molar-refractivity contribution in [1.29, 1.82) is 0 Å². The van der Waals surface area contributed by atoms with E-state index >= 15 is 0 Å². The maximum absolute atomic E-state index is 4.34. The normalized spacial score (nSPS) is 14.9. The van der Waals surface area contributed by atoms with E-state index in [9.17, 15) is 0 Å². The van der Waals surface area contributed by atoms with Gasteiger partial charge >= 0.3 is 0 Å². The lowest BCUT2D eigenvalue weighted by atomic mass is 9.67. The van der Waals surface area contributed by atoms with Crippen LogP contribution in [0.2, 0.25) is 0 Å². The average molecular weight is 284 g/mol. The van der Waals surface area contributed by atoms with Gasteiger partial charge in [-0.05, 0) is 34.8 Å². The highest BCUT2D eigenvalue weighted by atomic mass is 14.5. The first-order chi connectivity index (χ1) is 10.7. The fourth-order valence-corrected chi connectivity index (χ4v) is 3.71. The molecule has 0 N–H and O–H groups in total. The first kappa shape index (κ1) is 14.3. The van der Waals surface area contributed by atoms with Crippen molar-refractivity contribution in [2.45, 2.75) is 12.3 Å². The van der Waals surface area contributed by atoms with Crippen molar-refractivity contribution in [3.63, 3.8) is 0 Å². The van der Waals surface area contributed by atoms with Crippen molar-refractivity contribution in [3.05, 3.63) is 109 Å². The van der Waals surface area contributed by atoms with Crippen LogP contribution >= 0.6 is 0 Å². The van der Waals surface area contributed by atoms with Gasteiger partial charge in [0.2, 0.25) is 0 Å². The Morgan fingerprint density at radius 1 is 0.909 bits per heavy atom. The van der Waals surface area contributed by atoms with E-state index in [4.69, 9.17) is 0 Å². The summed E-state index contributed by atoms with van der Waals surface area (Å²) in [5.41, 5.74) is 6.97. The molecule has 1 aliphatic carbocycles. The first-order valence-electron chi connectivity index (χ1n) is 7.49. The predicted octanol–water partition coefficient (Wildman–Crippen LogP) is 5.83. The Labute approximate surface area is 132 Å². The average Bonchev–Trinajstić information content (AvgIpc) is 2.86. The third-order valence-corrected chi connectivity index (χ3v) is 4.64. The molecular formula is C22H20. The van der Waals surface area contributed by atoms with Crippen LogP contribution in [0.4, 0.5) is 0 Å². The molecule has 0 bridgehead atoms. The molecule has 0 amide bonds. The quantitative estimate of drug-likeness (QED) is 0.620. The van der Waals surface area contributed by atoms with Crippen molar-refractivity contribution in [3.8, 4) is 11.1 Å². The van der Waals surface area contributed by atoms with Crippen LogP contribution in [-0.2, 0) is 5.41 Å². The second-order valence-electron chi connectivity index (χ2n) is 5.66. The molecule has 0 heteroatoms. The molecule has 2 aromatic carbocycles. The molecule has 0 heterocycles. The van der Waals surface area contributed by atoms with Gasteiger partial charge in [-0.2, -0.15) is 0 Å². The molecule has 0 saturated carbocycles. The van der Waals surface area contributed by atoms with E-state index in [1.165, 1.54) is 27.8 Å². The van der Waals surface area contributed by atoms with Crippen molar-refractivity contribution in [2.24, 2.45) is 0 Å². The topological polar surface area (TPSA) is 0 Å². The fourth-order valence-electron chi connectivity index (χ4n) is 3.71. The minimum atomic E-state index is -0.344. The standard InChI is InChI=1S/C22H20/c1-5-11-17(4)22(16(3)6-2)20-14-9-7-12-18(20)19-13-8-10-15-21(19)22/h5-15H,1-3H2,4H3/b17-11+. The Morgan fingerprint density at radius 3 is 1.86 bits per heavy atom. The third kappa shape index (κ3) is 1.70. The van der Waals surface area contributed by atoms with Crippen molar-refractivity contribution in [2.75, 3.05) is 0 Å². The van der Waals surface area contributed by atoms with Crippen molar-refractivity contribution in [1.82, 2.24) is 0 Å². The van der Waals surface area contributed by atoms with E-state index in [1.807, 2.05) is 12.2 Å². The molecule has 0 saturated heterocycles. The zero-order valence-electron chi connectivity index (χ0n) is 13.0. The highest BCUT2D eigenvalue weighted by molar-refractivity contribution is 5.86. The van der Waals surface area contributed by atoms with E-state index in [2.05, 4.69) is 81.3 Å². The van der Waals surface area contributed by atoms with Gasteiger partial charge in [-0.25, -0.2) is 0 Å². The molecule has 0 nitrogen and oxygen atoms in total. The summed E-state index contributed by atoms with van der Waals surface area (Å²) in [6.45, 7) is 14.3. The van der Waals surface area contributed by atoms with Gasteiger partial charge in [-0.15, -0.1) is 0 Å². The Balaban J connectivity index is 2.49. The van der Waals surface area contributed by atoms with Crippen LogP contribution in [-0.4, -0.2) is 0 Å². The Kier molecular flexibility index (Phi) is 3.46. The minimum absolute atomic E-state index is 0.344. The Hall–Kier alpha value is -2.60. The number of hydrogen-bond acceptors (Lipinski definition) is 0. The van der Waals surface area contributed by atoms with Crippen LogP contribution in [0.1, 0.15) is 18.1 Å². The number of allylic oxidation sites excluding steroid dienone is 5. The van der Waals surface area contributed by atoms with Crippen LogP contribution in [0.3, 0.4) is 0 Å². The lowest BCUT2D eigenvalue weighted by Crippen LogP contribution is -2.28. The summed E-state index contributed by atoms with van der Waals surface area (Å²) in [7, 11) is 0. The fraction of sp³-hybridized carbons (Fsp3) is 0.0909. The molecule has 0 atom stereocenters. The minimum Gasteiger partial charge on any atom is -0.0991 e. The summed E-state index contributed by atoms with van der Waals surface area (Å²) >= 11 is 0. The van der Waals surface area contributed by atoms with E-state index in [1.54, 1.807) is 0 Å². The van der Waals surface area contributed by atoms with Gasteiger partial charge in [0.15, 0.2) is 0 Å². The first-order valence-corrected chi connectivity index (χ1v) is 7.49. The Morgan fingerprint density at radius 2 is 1.41 bits per heavy atom. The molecule has 0 aliphatic heterocycles. The van der Waals surface area contributed by atoms with E-state index in [0.29, 0.717) is 0 Å². The zero-order valence-corrected chi connectivity index (χ0v) is 13.0. The summed E-state index contributed by atoms with van der Waals surface area (Å²) in [6.07, 6.45) is 5.80. The van der Waals surface area contributed by atoms with Crippen LogP contribution in [0.5, 0.6) is 0 Å². The summed E-state index contributed by atoms with van der Waals surface area (Å²) in [4.78, 5) is 0. The number of fused-ring (bicyclic) bond motifs is 3. The van der Waals surface area contributed by atoms with Crippen LogP contribution in [0, 0.1) is 0 Å². The maximum Gasteiger partial charge on any atom is 0.0667 e. The molecule has 22 heavy (non-hydrogen) atoms. The SMILES string of the molecule is C=C/C=C(\C)C1(C(=C)C=C)c2ccccc2-c2ccccc21. The van der Waals surface area contributed by atoms with E-state index < -0.39 is 0 Å². The maximum atomic E-state index is 4.34. The molecule has 0 spiro atoms. The van der Waals surface area contributed by atoms with Crippen LogP contribution in [0.15, 0.2) is 97.6 Å². The van der Waals surface area contributed by atoms with Gasteiger partial charge in [0.05, 0.1) is 5.41 Å². The summed E-state index contributed by atoms with van der Waals surface area (Å²) in [5, 5.41) is 0. The monoisotopic (exact) mass is 284 g/mol. The van der Waals surface area contributed by atoms with E-state index in [0.717, 1.165) is 5.57 Å². The number of rotatable bonds is 4. The van der Waals surface area contributed by atoms with Crippen molar-refractivity contribution < 1.29 is 0 Å². The highest BCUT2D eigenvalue weighted by Gasteiger charge is 2.45. The Bertz CT molecular complexity index is 757. The smallest absolute Gasteiger partial charge is 0.0667 e.